The van der Waals surface area contributed by atoms with Gasteiger partial charge in [-0.25, -0.2) is 0 Å². The largest absolute Gasteiger partial charge is 0.381 e. The van der Waals surface area contributed by atoms with Crippen LogP contribution < -0.4 is 10.7 Å². The van der Waals surface area contributed by atoms with E-state index in [4.69, 9.17) is 0 Å². The number of pyridine rings is 1. The Bertz CT molecular complexity index is 1490. The summed E-state index contributed by atoms with van der Waals surface area (Å²) in [7, 11) is 1.87. The van der Waals surface area contributed by atoms with Gasteiger partial charge in [0.2, 0.25) is 0 Å². The molecule has 0 radical (unpaired) electrons. The molecule has 0 aliphatic rings. The van der Waals surface area contributed by atoms with Crippen LogP contribution in [0.3, 0.4) is 0 Å². The van der Waals surface area contributed by atoms with Crippen LogP contribution in [0, 0.1) is 6.92 Å². The maximum atomic E-state index is 13.5. The Morgan fingerprint density at radius 3 is 2.58 bits per heavy atom. The zero-order valence-corrected chi connectivity index (χ0v) is 17.5. The van der Waals surface area contributed by atoms with E-state index in [0.29, 0.717) is 22.8 Å². The van der Waals surface area contributed by atoms with E-state index in [1.807, 2.05) is 61.8 Å². The van der Waals surface area contributed by atoms with E-state index in [0.717, 1.165) is 22.2 Å². The lowest BCUT2D eigenvalue weighted by Crippen LogP contribution is -2.03. The third-order valence-corrected chi connectivity index (χ3v) is 5.66. The molecule has 5 aromatic rings. The molecule has 1 N–H and O–H groups in total. The molecule has 5 heteroatoms. The minimum absolute atomic E-state index is 0.0206. The van der Waals surface area contributed by atoms with Crippen molar-refractivity contribution in [2.24, 2.45) is 7.05 Å². The molecule has 31 heavy (non-hydrogen) atoms. The van der Waals surface area contributed by atoms with Crippen LogP contribution in [-0.2, 0) is 13.6 Å². The zero-order valence-electron chi connectivity index (χ0n) is 17.5. The molecule has 0 spiro atoms. The van der Waals surface area contributed by atoms with Gasteiger partial charge in [-0.2, -0.15) is 5.10 Å². The highest BCUT2D eigenvalue weighted by molar-refractivity contribution is 5.94. The SMILES string of the molecule is Cc1ccccc1CNc1ccc2ccc3ncc(-c4cnn(C)c4)cc3c(=O)c2c1. The Labute approximate surface area is 180 Å². The smallest absolute Gasteiger partial charge is 0.195 e. The van der Waals surface area contributed by atoms with Crippen LogP contribution in [0.1, 0.15) is 11.1 Å². The first-order chi connectivity index (χ1) is 15.1. The van der Waals surface area contributed by atoms with Crippen molar-refractivity contribution in [1.82, 2.24) is 14.8 Å². The minimum Gasteiger partial charge on any atom is -0.381 e. The van der Waals surface area contributed by atoms with E-state index in [9.17, 15) is 4.79 Å². The fraction of sp³-hybridized carbons (Fsp3) is 0.115. The molecule has 3 aromatic carbocycles. The van der Waals surface area contributed by atoms with E-state index in [2.05, 4.69) is 34.5 Å². The van der Waals surface area contributed by atoms with Gasteiger partial charge in [-0.1, -0.05) is 36.4 Å². The fourth-order valence-corrected chi connectivity index (χ4v) is 3.85. The zero-order chi connectivity index (χ0) is 21.4. The monoisotopic (exact) mass is 406 g/mol. The summed E-state index contributed by atoms with van der Waals surface area (Å²) < 4.78 is 1.74. The van der Waals surface area contributed by atoms with Crippen LogP contribution in [0.5, 0.6) is 0 Å². The molecule has 0 unspecified atom stereocenters. The van der Waals surface area contributed by atoms with Crippen molar-refractivity contribution < 1.29 is 0 Å². The average Bonchev–Trinajstić information content (AvgIpc) is 3.17. The van der Waals surface area contributed by atoms with Crippen LogP contribution in [0.15, 0.2) is 84.0 Å². The number of rotatable bonds is 4. The van der Waals surface area contributed by atoms with Gasteiger partial charge >= 0.3 is 0 Å². The Morgan fingerprint density at radius 1 is 0.935 bits per heavy atom. The van der Waals surface area contributed by atoms with Gasteiger partial charge in [0, 0.05) is 53.6 Å². The average molecular weight is 406 g/mol. The van der Waals surface area contributed by atoms with Gasteiger partial charge in [0.05, 0.1) is 11.7 Å². The van der Waals surface area contributed by atoms with Crippen molar-refractivity contribution in [3.05, 3.63) is 101 Å². The van der Waals surface area contributed by atoms with Crippen LogP contribution >= 0.6 is 0 Å². The van der Waals surface area contributed by atoms with Gasteiger partial charge in [-0.3, -0.25) is 14.5 Å². The number of aryl methyl sites for hydroxylation is 2. The molecule has 152 valence electrons. The fourth-order valence-electron chi connectivity index (χ4n) is 3.85. The van der Waals surface area contributed by atoms with Crippen molar-refractivity contribution in [3.63, 3.8) is 0 Å². The van der Waals surface area contributed by atoms with Crippen molar-refractivity contribution >= 4 is 27.4 Å². The number of benzene rings is 2. The number of anilines is 1. The molecule has 0 atom stereocenters. The van der Waals surface area contributed by atoms with Crippen LogP contribution in [0.4, 0.5) is 5.69 Å². The lowest BCUT2D eigenvalue weighted by molar-refractivity contribution is 0.768. The molecular weight excluding hydrogens is 384 g/mol. The van der Waals surface area contributed by atoms with Crippen molar-refractivity contribution in [3.8, 4) is 11.1 Å². The van der Waals surface area contributed by atoms with Gasteiger partial charge in [0.25, 0.3) is 0 Å². The molecule has 0 amide bonds. The Morgan fingerprint density at radius 2 is 1.77 bits per heavy atom. The summed E-state index contributed by atoms with van der Waals surface area (Å²) in [6.45, 7) is 2.81. The Hall–Kier alpha value is -3.99. The molecular formula is C26H22N4O. The number of aromatic nitrogens is 3. The molecule has 0 aliphatic heterocycles. The first kappa shape index (κ1) is 19.0. The van der Waals surface area contributed by atoms with Gasteiger partial charge in [0.1, 0.15) is 0 Å². The van der Waals surface area contributed by atoms with Crippen molar-refractivity contribution in [2.75, 3.05) is 5.32 Å². The highest BCUT2D eigenvalue weighted by Gasteiger charge is 2.08. The Kier molecular flexibility index (Phi) is 4.71. The molecule has 5 rings (SSSR count). The first-order valence-corrected chi connectivity index (χ1v) is 10.2. The summed E-state index contributed by atoms with van der Waals surface area (Å²) >= 11 is 0. The number of hydrogen-bond acceptors (Lipinski definition) is 4. The maximum absolute atomic E-state index is 13.5. The van der Waals surface area contributed by atoms with E-state index < -0.39 is 0 Å². The van der Waals surface area contributed by atoms with Crippen molar-refractivity contribution in [1.29, 1.82) is 0 Å². The van der Waals surface area contributed by atoms with Gasteiger partial charge in [0.15, 0.2) is 5.43 Å². The summed E-state index contributed by atoms with van der Waals surface area (Å²) in [5, 5.41) is 9.85. The highest BCUT2D eigenvalue weighted by atomic mass is 16.1. The van der Waals surface area contributed by atoms with E-state index in [1.165, 1.54) is 11.1 Å². The van der Waals surface area contributed by atoms with Gasteiger partial charge < -0.3 is 5.32 Å². The second kappa shape index (κ2) is 7.69. The highest BCUT2D eigenvalue weighted by Crippen LogP contribution is 2.23. The molecule has 0 saturated heterocycles. The van der Waals surface area contributed by atoms with Crippen LogP contribution in [-0.4, -0.2) is 14.8 Å². The second-order valence-electron chi connectivity index (χ2n) is 7.80. The summed E-state index contributed by atoms with van der Waals surface area (Å²) in [5.41, 5.74) is 5.88. The van der Waals surface area contributed by atoms with Crippen molar-refractivity contribution in [2.45, 2.75) is 13.5 Å². The van der Waals surface area contributed by atoms with E-state index in [-0.39, 0.29) is 5.43 Å². The lowest BCUT2D eigenvalue weighted by atomic mass is 10.1. The summed E-state index contributed by atoms with van der Waals surface area (Å²) in [4.78, 5) is 18.0. The van der Waals surface area contributed by atoms with E-state index in [1.54, 1.807) is 17.1 Å². The van der Waals surface area contributed by atoms with E-state index >= 15 is 0 Å². The Balaban J connectivity index is 1.59. The summed E-state index contributed by atoms with van der Waals surface area (Å²) in [6, 6.07) is 20.0. The maximum Gasteiger partial charge on any atom is 0.195 e. The topological polar surface area (TPSA) is 59.8 Å². The quantitative estimate of drug-likeness (QED) is 0.453. The number of nitrogens with zero attached hydrogens (tertiary/aromatic N) is 3. The number of fused-ring (bicyclic) bond motifs is 2. The van der Waals surface area contributed by atoms with Gasteiger partial charge in [-0.05, 0) is 47.7 Å². The molecule has 5 nitrogen and oxygen atoms in total. The van der Waals surface area contributed by atoms with Gasteiger partial charge in [-0.15, -0.1) is 0 Å². The number of hydrogen-bond donors (Lipinski definition) is 1. The predicted molar refractivity (Wildman–Crippen MR) is 126 cm³/mol. The molecule has 0 saturated carbocycles. The minimum atomic E-state index is -0.0206. The molecule has 0 bridgehead atoms. The standard InChI is InChI=1S/C26H22N4O/c1-17-5-3-4-6-19(17)13-27-22-9-7-18-8-10-25-24(26(31)23(18)12-22)11-20(14-28-25)21-15-29-30(2)16-21/h3-12,14-16,27H,13H2,1-2H3. The third-order valence-electron chi connectivity index (χ3n) is 5.66. The summed E-state index contributed by atoms with van der Waals surface area (Å²) in [5.74, 6) is 0. The molecule has 2 aromatic heterocycles. The molecule has 0 aliphatic carbocycles. The molecule has 2 heterocycles. The lowest BCUT2D eigenvalue weighted by Gasteiger charge is -2.09. The number of nitrogens with one attached hydrogen (secondary N) is 1. The molecule has 0 fully saturated rings. The van der Waals surface area contributed by atoms with Crippen LogP contribution in [0.25, 0.3) is 32.8 Å². The third kappa shape index (κ3) is 3.66. The summed E-state index contributed by atoms with van der Waals surface area (Å²) in [6.07, 6.45) is 5.49. The van der Waals surface area contributed by atoms with Crippen LogP contribution in [0.2, 0.25) is 0 Å². The second-order valence-corrected chi connectivity index (χ2v) is 7.80. The normalized spacial score (nSPS) is 11.2. The predicted octanol–water partition coefficient (Wildman–Crippen LogP) is 5.07. The first-order valence-electron chi connectivity index (χ1n) is 10.2.